The van der Waals surface area contributed by atoms with Crippen LogP contribution in [0.2, 0.25) is 0 Å². The van der Waals surface area contributed by atoms with Gasteiger partial charge in [-0.05, 0) is 41.7 Å². The van der Waals surface area contributed by atoms with Crippen molar-refractivity contribution in [3.63, 3.8) is 0 Å². The minimum atomic E-state index is -0.699. The predicted molar refractivity (Wildman–Crippen MR) is 191 cm³/mol. The largest absolute Gasteiger partial charge is 0.493 e. The van der Waals surface area contributed by atoms with Gasteiger partial charge in [-0.1, -0.05) is 79.6 Å². The molecule has 13 heteroatoms. The molecule has 4 N–H and O–H groups in total. The van der Waals surface area contributed by atoms with Crippen LogP contribution in [0.4, 0.5) is 0 Å². The maximum absolute atomic E-state index is 14.3. The van der Waals surface area contributed by atoms with Crippen molar-refractivity contribution in [1.82, 2.24) is 19.6 Å². The van der Waals surface area contributed by atoms with E-state index in [9.17, 15) is 24.0 Å². The van der Waals surface area contributed by atoms with Gasteiger partial charge in [0.05, 0.1) is 27.3 Å². The quantitative estimate of drug-likeness (QED) is 0.204. The minimum Gasteiger partial charge on any atom is -0.493 e. The van der Waals surface area contributed by atoms with Gasteiger partial charge in [0.1, 0.15) is 19.6 Å². The van der Waals surface area contributed by atoms with E-state index in [4.69, 9.17) is 20.9 Å². The number of carbonyl (C=O) groups excluding carboxylic acids is 5. The molecule has 272 valence electrons. The molecule has 0 unspecified atom stereocenters. The Morgan fingerprint density at radius 3 is 1.55 bits per heavy atom. The highest BCUT2D eigenvalue weighted by molar-refractivity contribution is 5.91. The highest BCUT2D eigenvalue weighted by Crippen LogP contribution is 2.28. The monoisotopic (exact) mass is 700 g/mol. The molecule has 1 saturated carbocycles. The standard InChI is InChI=1S/C38H48N6O7/c1-50-32-18-17-30(19-33(32)51-2)23-43(25-36(47)41(24-34(40)45)21-28-11-5-3-6-12-28)37(48)26-42(22-29-13-7-4-8-14-29)38(49)27-44(35(46)20-39)31-15-9-10-16-31/h3-8,11-14,17-19,31H,9-10,15-16,20-27,39H2,1-2H3,(H2,40,45). The van der Waals surface area contributed by atoms with Gasteiger partial charge in [-0.3, -0.25) is 24.0 Å². The van der Waals surface area contributed by atoms with Crippen molar-refractivity contribution in [2.45, 2.75) is 51.4 Å². The second kappa shape index (κ2) is 19.1. The Labute approximate surface area is 299 Å². The number of hydrogen-bond acceptors (Lipinski definition) is 8. The van der Waals surface area contributed by atoms with Gasteiger partial charge in [-0.25, -0.2) is 0 Å². The lowest BCUT2D eigenvalue weighted by Crippen LogP contribution is -2.51. The Morgan fingerprint density at radius 2 is 1.08 bits per heavy atom. The molecule has 13 nitrogen and oxygen atoms in total. The molecule has 4 rings (SSSR count). The SMILES string of the molecule is COc1ccc(CN(CC(=O)N(CC(N)=O)Cc2ccccc2)C(=O)CN(Cc2ccccc2)C(=O)CN(C(=O)CN)C2CCCC2)cc1OC. The lowest BCUT2D eigenvalue weighted by atomic mass is 10.1. The van der Waals surface area contributed by atoms with Crippen molar-refractivity contribution in [3.05, 3.63) is 95.6 Å². The van der Waals surface area contributed by atoms with E-state index in [0.717, 1.165) is 36.8 Å². The van der Waals surface area contributed by atoms with Gasteiger partial charge in [0.15, 0.2) is 11.5 Å². The first-order valence-corrected chi connectivity index (χ1v) is 17.0. The minimum absolute atomic E-state index is 0.0199. The molecule has 1 fully saturated rings. The molecular formula is C38H48N6O7. The molecule has 0 aromatic heterocycles. The third-order valence-corrected chi connectivity index (χ3v) is 8.88. The van der Waals surface area contributed by atoms with E-state index in [1.54, 1.807) is 18.2 Å². The van der Waals surface area contributed by atoms with Crippen LogP contribution >= 0.6 is 0 Å². The zero-order valence-corrected chi connectivity index (χ0v) is 29.4. The lowest BCUT2D eigenvalue weighted by molar-refractivity contribution is -0.147. The van der Waals surface area contributed by atoms with Crippen LogP contribution in [0, 0.1) is 0 Å². The molecule has 1 aliphatic carbocycles. The van der Waals surface area contributed by atoms with Crippen LogP contribution in [0.1, 0.15) is 42.4 Å². The maximum Gasteiger partial charge on any atom is 0.242 e. The average molecular weight is 701 g/mol. The average Bonchev–Trinajstić information content (AvgIpc) is 3.68. The van der Waals surface area contributed by atoms with Gasteiger partial charge in [-0.2, -0.15) is 0 Å². The van der Waals surface area contributed by atoms with E-state index in [1.165, 1.54) is 33.8 Å². The maximum atomic E-state index is 14.3. The summed E-state index contributed by atoms with van der Waals surface area (Å²) in [4.78, 5) is 72.7. The van der Waals surface area contributed by atoms with Crippen LogP contribution in [0.5, 0.6) is 11.5 Å². The first-order chi connectivity index (χ1) is 24.6. The molecular weight excluding hydrogens is 652 g/mol. The Kier molecular flexibility index (Phi) is 14.4. The summed E-state index contributed by atoms with van der Waals surface area (Å²) in [6.07, 6.45) is 3.47. The second-order valence-electron chi connectivity index (χ2n) is 12.5. The Bertz CT molecular complexity index is 1630. The van der Waals surface area contributed by atoms with Crippen LogP contribution in [0.3, 0.4) is 0 Å². The van der Waals surface area contributed by atoms with Crippen LogP contribution in [-0.2, 0) is 43.6 Å². The van der Waals surface area contributed by atoms with Crippen LogP contribution in [0.15, 0.2) is 78.9 Å². The topological polar surface area (TPSA) is 169 Å². The van der Waals surface area contributed by atoms with Gasteiger partial charge in [0.2, 0.25) is 29.5 Å². The number of primary amides is 1. The van der Waals surface area contributed by atoms with Gasteiger partial charge in [0.25, 0.3) is 0 Å². The van der Waals surface area contributed by atoms with E-state index < -0.39 is 30.2 Å². The smallest absolute Gasteiger partial charge is 0.242 e. The summed E-state index contributed by atoms with van der Waals surface area (Å²) in [5, 5.41) is 0. The zero-order chi connectivity index (χ0) is 36.8. The Hall–Kier alpha value is -5.43. The van der Waals surface area contributed by atoms with Crippen molar-refractivity contribution in [3.8, 4) is 11.5 Å². The van der Waals surface area contributed by atoms with Crippen molar-refractivity contribution in [2.24, 2.45) is 11.5 Å². The van der Waals surface area contributed by atoms with E-state index in [0.29, 0.717) is 17.1 Å². The normalized spacial score (nSPS) is 12.5. The van der Waals surface area contributed by atoms with Crippen molar-refractivity contribution in [1.29, 1.82) is 0 Å². The third kappa shape index (κ3) is 11.3. The fourth-order valence-corrected chi connectivity index (χ4v) is 6.22. The fraction of sp³-hybridized carbons (Fsp3) is 0.395. The molecule has 0 bridgehead atoms. The summed E-state index contributed by atoms with van der Waals surface area (Å²) in [7, 11) is 3.01. The van der Waals surface area contributed by atoms with Gasteiger partial charge in [-0.15, -0.1) is 0 Å². The number of rotatable bonds is 18. The molecule has 0 spiro atoms. The summed E-state index contributed by atoms with van der Waals surface area (Å²) >= 11 is 0. The first kappa shape index (κ1) is 38.4. The highest BCUT2D eigenvalue weighted by Gasteiger charge is 2.31. The number of carbonyl (C=O) groups is 5. The summed E-state index contributed by atoms with van der Waals surface area (Å²) < 4.78 is 10.8. The molecule has 5 amide bonds. The van der Waals surface area contributed by atoms with Gasteiger partial charge >= 0.3 is 0 Å². The zero-order valence-electron chi connectivity index (χ0n) is 29.4. The Balaban J connectivity index is 1.64. The molecule has 0 radical (unpaired) electrons. The number of nitrogens with two attached hydrogens (primary N) is 2. The number of nitrogens with zero attached hydrogens (tertiary/aromatic N) is 4. The molecule has 0 aliphatic heterocycles. The molecule has 0 saturated heterocycles. The summed E-state index contributed by atoms with van der Waals surface area (Å²) in [5.74, 6) is -1.54. The van der Waals surface area contributed by atoms with Crippen LogP contribution in [0.25, 0.3) is 0 Å². The summed E-state index contributed by atoms with van der Waals surface area (Å²) in [5.41, 5.74) is 13.5. The van der Waals surface area contributed by atoms with E-state index in [-0.39, 0.29) is 57.8 Å². The van der Waals surface area contributed by atoms with E-state index in [1.807, 2.05) is 60.7 Å². The second-order valence-corrected chi connectivity index (χ2v) is 12.5. The van der Waals surface area contributed by atoms with Crippen LogP contribution in [-0.4, -0.2) is 102 Å². The summed E-state index contributed by atoms with van der Waals surface area (Å²) in [6, 6.07) is 23.4. The first-order valence-electron chi connectivity index (χ1n) is 17.0. The third-order valence-electron chi connectivity index (χ3n) is 8.88. The lowest BCUT2D eigenvalue weighted by Gasteiger charge is -2.33. The van der Waals surface area contributed by atoms with Gasteiger partial charge < -0.3 is 40.5 Å². The van der Waals surface area contributed by atoms with Crippen molar-refractivity contribution < 1.29 is 33.4 Å². The van der Waals surface area contributed by atoms with E-state index >= 15 is 0 Å². The van der Waals surface area contributed by atoms with Gasteiger partial charge in [0, 0.05) is 25.7 Å². The van der Waals surface area contributed by atoms with E-state index in [2.05, 4.69) is 0 Å². The molecule has 3 aromatic carbocycles. The number of methoxy groups -OCH3 is 2. The van der Waals surface area contributed by atoms with Crippen molar-refractivity contribution >= 4 is 29.5 Å². The highest BCUT2D eigenvalue weighted by atomic mass is 16.5. The number of ether oxygens (including phenoxy) is 2. The molecule has 0 heterocycles. The Morgan fingerprint density at radius 1 is 0.608 bits per heavy atom. The number of benzene rings is 3. The molecule has 0 atom stereocenters. The molecule has 3 aromatic rings. The number of amides is 5. The molecule has 1 aliphatic rings. The molecule has 51 heavy (non-hydrogen) atoms. The fourth-order valence-electron chi connectivity index (χ4n) is 6.22. The predicted octanol–water partition coefficient (Wildman–Crippen LogP) is 2.31. The number of hydrogen-bond donors (Lipinski definition) is 2. The van der Waals surface area contributed by atoms with Crippen molar-refractivity contribution in [2.75, 3.05) is 46.9 Å². The summed E-state index contributed by atoms with van der Waals surface area (Å²) in [6.45, 7) is -1.40. The van der Waals surface area contributed by atoms with Crippen LogP contribution < -0.4 is 20.9 Å².